The molecule has 0 N–H and O–H groups in total. The lowest BCUT2D eigenvalue weighted by Gasteiger charge is -2.34. The topological polar surface area (TPSA) is 126 Å². The number of aryl methyl sites for hydroxylation is 1. The third-order valence-corrected chi connectivity index (χ3v) is 5.41. The van der Waals surface area contributed by atoms with Gasteiger partial charge in [0.05, 0.1) is 17.5 Å². The number of esters is 1. The smallest absolute Gasteiger partial charge is 0.350 e. The first-order chi connectivity index (χ1) is 14.5. The molecule has 10 nitrogen and oxygen atoms in total. The van der Waals surface area contributed by atoms with Crippen molar-refractivity contribution in [2.75, 3.05) is 37.7 Å². The van der Waals surface area contributed by atoms with Gasteiger partial charge in [-0.15, -0.1) is 11.3 Å². The number of hydrogen-bond acceptors (Lipinski definition) is 10. The van der Waals surface area contributed by atoms with E-state index in [-0.39, 0.29) is 24.1 Å². The average molecular weight is 427 g/mol. The van der Waals surface area contributed by atoms with Crippen LogP contribution in [0.25, 0.3) is 11.7 Å². The highest BCUT2D eigenvalue weighted by atomic mass is 32.1. The summed E-state index contributed by atoms with van der Waals surface area (Å²) in [4.78, 5) is 36.4. The third kappa shape index (κ3) is 4.04. The molecule has 4 rings (SSSR count). The Balaban J connectivity index is 1.33. The number of ether oxygens (including phenoxy) is 1. The van der Waals surface area contributed by atoms with E-state index >= 15 is 0 Å². The summed E-state index contributed by atoms with van der Waals surface area (Å²) >= 11 is 1.22. The minimum atomic E-state index is -0.557. The number of carbonyl (C=O) groups is 2. The van der Waals surface area contributed by atoms with Gasteiger partial charge in [-0.2, -0.15) is 10.2 Å². The zero-order valence-electron chi connectivity index (χ0n) is 16.0. The van der Waals surface area contributed by atoms with Crippen LogP contribution in [0.4, 0.5) is 5.88 Å². The van der Waals surface area contributed by atoms with Crippen LogP contribution in [0.2, 0.25) is 0 Å². The molecule has 154 valence electrons. The largest absolute Gasteiger partial charge is 0.459 e. The Morgan fingerprint density at radius 2 is 2.13 bits per heavy atom. The number of piperazine rings is 1. The van der Waals surface area contributed by atoms with Crippen LogP contribution in [0, 0.1) is 18.3 Å². The minimum Gasteiger partial charge on any atom is -0.459 e. The molecule has 0 unspecified atom stereocenters. The molecule has 0 atom stereocenters. The summed E-state index contributed by atoms with van der Waals surface area (Å²) in [5.74, 6) is 0.180. The van der Waals surface area contributed by atoms with Gasteiger partial charge in [0.15, 0.2) is 12.4 Å². The number of hydrogen-bond donors (Lipinski definition) is 0. The molecule has 1 amide bonds. The summed E-state index contributed by atoms with van der Waals surface area (Å²) in [6, 6.07) is 5.43. The summed E-state index contributed by atoms with van der Waals surface area (Å²) in [5, 5.41) is 10.1. The number of aromatic nitrogens is 2. The predicted molar refractivity (Wildman–Crippen MR) is 105 cm³/mol. The molecule has 30 heavy (non-hydrogen) atoms. The van der Waals surface area contributed by atoms with Gasteiger partial charge in [-0.3, -0.25) is 4.79 Å². The van der Waals surface area contributed by atoms with E-state index < -0.39 is 5.97 Å². The van der Waals surface area contributed by atoms with Crippen LogP contribution in [0.1, 0.15) is 20.4 Å². The van der Waals surface area contributed by atoms with Crippen LogP contribution in [0.5, 0.6) is 0 Å². The SMILES string of the molecule is Cc1ncc(C(=O)OCC(=O)N2CCN(c3oc(-c4ccco4)nc3C#N)CC2)s1. The summed E-state index contributed by atoms with van der Waals surface area (Å²) < 4.78 is 16.1. The Bertz CT molecular complexity index is 1090. The van der Waals surface area contributed by atoms with Gasteiger partial charge in [0, 0.05) is 26.2 Å². The van der Waals surface area contributed by atoms with E-state index in [1.165, 1.54) is 23.8 Å². The second-order valence-corrected chi connectivity index (χ2v) is 7.68. The zero-order valence-corrected chi connectivity index (χ0v) is 16.8. The third-order valence-electron chi connectivity index (χ3n) is 4.52. The van der Waals surface area contributed by atoms with Gasteiger partial charge in [0.1, 0.15) is 10.9 Å². The maximum absolute atomic E-state index is 12.4. The highest BCUT2D eigenvalue weighted by Crippen LogP contribution is 2.29. The number of nitriles is 1. The number of nitrogens with zero attached hydrogens (tertiary/aromatic N) is 5. The van der Waals surface area contributed by atoms with Crippen LogP contribution < -0.4 is 4.90 Å². The van der Waals surface area contributed by atoms with E-state index in [0.717, 1.165) is 5.01 Å². The lowest BCUT2D eigenvalue weighted by Crippen LogP contribution is -2.50. The van der Waals surface area contributed by atoms with Crippen molar-refractivity contribution in [3.05, 3.63) is 40.2 Å². The molecule has 3 aromatic heterocycles. The number of thiazole rings is 1. The Kier molecular flexibility index (Phi) is 5.49. The van der Waals surface area contributed by atoms with Crippen molar-refractivity contribution in [2.45, 2.75) is 6.92 Å². The van der Waals surface area contributed by atoms with Crippen molar-refractivity contribution < 1.29 is 23.2 Å². The Hall–Kier alpha value is -3.65. The van der Waals surface area contributed by atoms with Gasteiger partial charge in [-0.1, -0.05) is 0 Å². The molecule has 0 aliphatic carbocycles. The van der Waals surface area contributed by atoms with Crippen LogP contribution in [-0.4, -0.2) is 59.5 Å². The van der Waals surface area contributed by atoms with Gasteiger partial charge in [-0.05, 0) is 19.1 Å². The number of rotatable bonds is 5. The van der Waals surface area contributed by atoms with Crippen molar-refractivity contribution in [3.8, 4) is 17.7 Å². The van der Waals surface area contributed by atoms with Crippen LogP contribution in [-0.2, 0) is 9.53 Å². The second-order valence-electron chi connectivity index (χ2n) is 6.45. The Morgan fingerprint density at radius 3 is 2.77 bits per heavy atom. The molecule has 3 aromatic rings. The maximum atomic E-state index is 12.4. The van der Waals surface area contributed by atoms with Gasteiger partial charge in [0.25, 0.3) is 11.8 Å². The molecule has 4 heterocycles. The fourth-order valence-electron chi connectivity index (χ4n) is 3.01. The lowest BCUT2D eigenvalue weighted by molar-refractivity contribution is -0.134. The molecule has 1 saturated heterocycles. The Morgan fingerprint density at radius 1 is 1.33 bits per heavy atom. The normalized spacial score (nSPS) is 13.9. The molecular formula is C19H17N5O5S. The lowest BCUT2D eigenvalue weighted by atomic mass is 10.3. The average Bonchev–Trinajstić information content (AvgIpc) is 3.51. The first-order valence-corrected chi connectivity index (χ1v) is 9.94. The number of amides is 1. The highest BCUT2D eigenvalue weighted by molar-refractivity contribution is 7.13. The van der Waals surface area contributed by atoms with Crippen molar-refractivity contribution in [1.82, 2.24) is 14.9 Å². The van der Waals surface area contributed by atoms with Crippen LogP contribution in [0.15, 0.2) is 33.4 Å². The predicted octanol–water partition coefficient (Wildman–Crippen LogP) is 2.08. The van der Waals surface area contributed by atoms with Gasteiger partial charge >= 0.3 is 5.97 Å². The standard InChI is InChI=1S/C19H17N5O5S/c1-12-21-10-15(30-12)19(26)28-11-16(25)23-4-6-24(7-5-23)18-13(9-20)22-17(29-18)14-3-2-8-27-14/h2-3,8,10H,4-7,11H2,1H3. The number of oxazole rings is 1. The molecule has 0 spiro atoms. The van der Waals surface area contributed by atoms with E-state index in [9.17, 15) is 14.9 Å². The van der Waals surface area contributed by atoms with E-state index in [4.69, 9.17) is 13.6 Å². The van der Waals surface area contributed by atoms with Gasteiger partial charge < -0.3 is 23.4 Å². The molecule has 0 aromatic carbocycles. The molecular weight excluding hydrogens is 410 g/mol. The summed E-state index contributed by atoms with van der Waals surface area (Å²) in [6.45, 7) is 3.17. The molecule has 11 heteroatoms. The van der Waals surface area contributed by atoms with E-state index in [0.29, 0.717) is 42.7 Å². The summed E-state index contributed by atoms with van der Waals surface area (Å²) in [5.41, 5.74) is 0.162. The van der Waals surface area contributed by atoms with E-state index in [1.807, 2.05) is 11.0 Å². The Labute approximate surface area is 175 Å². The minimum absolute atomic E-state index is 0.162. The summed E-state index contributed by atoms with van der Waals surface area (Å²) in [7, 11) is 0. The first-order valence-electron chi connectivity index (χ1n) is 9.12. The molecule has 0 saturated carbocycles. The molecule has 1 fully saturated rings. The fraction of sp³-hybridized carbons (Fsp3) is 0.316. The van der Waals surface area contributed by atoms with E-state index in [2.05, 4.69) is 9.97 Å². The number of anilines is 1. The summed E-state index contributed by atoms with van der Waals surface area (Å²) in [6.07, 6.45) is 2.94. The van der Waals surface area contributed by atoms with Crippen molar-refractivity contribution in [3.63, 3.8) is 0 Å². The molecule has 1 aliphatic rings. The molecule has 0 radical (unpaired) electrons. The monoisotopic (exact) mass is 427 g/mol. The second kappa shape index (κ2) is 8.38. The van der Waals surface area contributed by atoms with Crippen molar-refractivity contribution in [1.29, 1.82) is 5.26 Å². The van der Waals surface area contributed by atoms with Gasteiger partial charge in [-0.25, -0.2) is 9.78 Å². The maximum Gasteiger partial charge on any atom is 0.350 e. The molecule has 0 bridgehead atoms. The first kappa shape index (κ1) is 19.7. The fourth-order valence-corrected chi connectivity index (χ4v) is 3.68. The molecule has 1 aliphatic heterocycles. The quantitative estimate of drug-likeness (QED) is 0.562. The van der Waals surface area contributed by atoms with Gasteiger partial charge in [0.2, 0.25) is 11.6 Å². The van der Waals surface area contributed by atoms with Crippen molar-refractivity contribution in [2.24, 2.45) is 0 Å². The number of carbonyl (C=O) groups excluding carboxylic acids is 2. The van der Waals surface area contributed by atoms with E-state index in [1.54, 1.807) is 24.0 Å². The number of furan rings is 1. The highest BCUT2D eigenvalue weighted by Gasteiger charge is 2.27. The van der Waals surface area contributed by atoms with Crippen LogP contribution in [0.3, 0.4) is 0 Å². The van der Waals surface area contributed by atoms with Crippen LogP contribution >= 0.6 is 11.3 Å². The zero-order chi connectivity index (χ0) is 21.1. The van der Waals surface area contributed by atoms with Crippen molar-refractivity contribution >= 4 is 29.1 Å².